The molecule has 1 heterocycles. The van der Waals surface area contributed by atoms with Gasteiger partial charge in [-0.15, -0.1) is 0 Å². The Morgan fingerprint density at radius 3 is 2.67 bits per heavy atom. The lowest BCUT2D eigenvalue weighted by atomic mass is 10.1. The number of nitrogens with two attached hydrogens (primary N) is 1. The van der Waals surface area contributed by atoms with Crippen molar-refractivity contribution in [3.8, 4) is 0 Å². The Hall–Kier alpha value is -1.65. The van der Waals surface area contributed by atoms with Crippen LogP contribution in [0.5, 0.6) is 0 Å². The number of nitrogens with zero attached hydrogens (tertiary/aromatic N) is 1. The highest BCUT2D eigenvalue weighted by Crippen LogP contribution is 2.12. The second-order valence-electron chi connectivity index (χ2n) is 4.03. The Bertz CT molecular complexity index is 578. The standard InChI is InChI=1S/C13H14ClN3O/c14-10-3-1-9(2-4-10)7-11-8-13(18)17-12(16-11)5-6-15/h1-4,8H,5-7,15H2,(H,16,17,18). The minimum absolute atomic E-state index is 0.141. The highest BCUT2D eigenvalue weighted by Gasteiger charge is 2.02. The third-order valence-corrected chi connectivity index (χ3v) is 2.78. The summed E-state index contributed by atoms with van der Waals surface area (Å²) < 4.78 is 0. The first-order chi connectivity index (χ1) is 8.67. The van der Waals surface area contributed by atoms with E-state index in [-0.39, 0.29) is 5.56 Å². The van der Waals surface area contributed by atoms with Gasteiger partial charge in [0.05, 0.1) is 5.69 Å². The maximum absolute atomic E-state index is 11.5. The van der Waals surface area contributed by atoms with E-state index in [0.29, 0.717) is 30.2 Å². The van der Waals surface area contributed by atoms with Gasteiger partial charge in [-0.2, -0.15) is 0 Å². The van der Waals surface area contributed by atoms with Crippen LogP contribution in [0, 0.1) is 0 Å². The summed E-state index contributed by atoms with van der Waals surface area (Å²) in [5.41, 5.74) is 7.12. The molecule has 0 aliphatic carbocycles. The van der Waals surface area contributed by atoms with Crippen molar-refractivity contribution >= 4 is 11.6 Å². The molecule has 0 unspecified atom stereocenters. The normalized spacial score (nSPS) is 10.6. The summed E-state index contributed by atoms with van der Waals surface area (Å²) in [5.74, 6) is 0.633. The maximum atomic E-state index is 11.5. The average molecular weight is 264 g/mol. The van der Waals surface area contributed by atoms with Crippen molar-refractivity contribution < 1.29 is 0 Å². The van der Waals surface area contributed by atoms with E-state index in [0.717, 1.165) is 11.3 Å². The van der Waals surface area contributed by atoms with Gasteiger partial charge in [-0.1, -0.05) is 23.7 Å². The van der Waals surface area contributed by atoms with Crippen LogP contribution in [0.3, 0.4) is 0 Å². The number of nitrogens with one attached hydrogen (secondary N) is 1. The molecular weight excluding hydrogens is 250 g/mol. The van der Waals surface area contributed by atoms with E-state index in [4.69, 9.17) is 17.3 Å². The fourth-order valence-electron chi connectivity index (χ4n) is 1.72. The molecule has 2 rings (SSSR count). The summed E-state index contributed by atoms with van der Waals surface area (Å²) >= 11 is 5.82. The summed E-state index contributed by atoms with van der Waals surface area (Å²) in [4.78, 5) is 18.5. The highest BCUT2D eigenvalue weighted by molar-refractivity contribution is 6.30. The van der Waals surface area contributed by atoms with Crippen LogP contribution >= 0.6 is 11.6 Å². The third-order valence-electron chi connectivity index (χ3n) is 2.52. The summed E-state index contributed by atoms with van der Waals surface area (Å²) in [6.45, 7) is 0.466. The third kappa shape index (κ3) is 3.42. The zero-order chi connectivity index (χ0) is 13.0. The highest BCUT2D eigenvalue weighted by atomic mass is 35.5. The molecule has 0 bridgehead atoms. The smallest absolute Gasteiger partial charge is 0.251 e. The molecule has 2 aromatic rings. The lowest BCUT2D eigenvalue weighted by Crippen LogP contribution is -2.16. The Labute approximate surface area is 110 Å². The van der Waals surface area contributed by atoms with Gasteiger partial charge >= 0.3 is 0 Å². The number of halogens is 1. The Morgan fingerprint density at radius 2 is 2.00 bits per heavy atom. The molecule has 0 saturated carbocycles. The molecule has 0 amide bonds. The molecule has 4 nitrogen and oxygen atoms in total. The number of H-pyrrole nitrogens is 1. The van der Waals surface area contributed by atoms with E-state index < -0.39 is 0 Å². The van der Waals surface area contributed by atoms with Crippen molar-refractivity contribution in [3.63, 3.8) is 0 Å². The number of rotatable bonds is 4. The molecule has 94 valence electrons. The summed E-state index contributed by atoms with van der Waals surface area (Å²) in [5, 5.41) is 0.696. The van der Waals surface area contributed by atoms with E-state index in [9.17, 15) is 4.79 Å². The van der Waals surface area contributed by atoms with Crippen molar-refractivity contribution in [2.75, 3.05) is 6.54 Å². The van der Waals surface area contributed by atoms with E-state index >= 15 is 0 Å². The lowest BCUT2D eigenvalue weighted by Gasteiger charge is -2.04. The fraction of sp³-hybridized carbons (Fsp3) is 0.231. The maximum Gasteiger partial charge on any atom is 0.251 e. The van der Waals surface area contributed by atoms with Gasteiger partial charge < -0.3 is 10.7 Å². The predicted molar refractivity (Wildman–Crippen MR) is 71.9 cm³/mol. The first-order valence-corrected chi connectivity index (χ1v) is 6.09. The van der Waals surface area contributed by atoms with Crippen molar-refractivity contribution in [2.24, 2.45) is 5.73 Å². The van der Waals surface area contributed by atoms with Crippen molar-refractivity contribution in [2.45, 2.75) is 12.8 Å². The number of aromatic nitrogens is 2. The van der Waals surface area contributed by atoms with E-state index in [1.165, 1.54) is 6.07 Å². The van der Waals surface area contributed by atoms with Crippen LogP contribution in [0.4, 0.5) is 0 Å². The molecule has 0 atom stereocenters. The van der Waals surface area contributed by atoms with E-state index in [1.54, 1.807) is 0 Å². The molecule has 1 aromatic heterocycles. The summed E-state index contributed by atoms with van der Waals surface area (Å²) in [7, 11) is 0. The van der Waals surface area contributed by atoms with Gasteiger partial charge in [0.15, 0.2) is 0 Å². The second-order valence-corrected chi connectivity index (χ2v) is 4.46. The first-order valence-electron chi connectivity index (χ1n) is 5.71. The molecule has 0 aliphatic rings. The van der Waals surface area contributed by atoms with E-state index in [2.05, 4.69) is 9.97 Å². The minimum Gasteiger partial charge on any atom is -0.330 e. The molecular formula is C13H14ClN3O. The fourth-order valence-corrected chi connectivity index (χ4v) is 1.85. The minimum atomic E-state index is -0.141. The lowest BCUT2D eigenvalue weighted by molar-refractivity contribution is 0.833. The SMILES string of the molecule is NCCc1nc(Cc2ccc(Cl)cc2)cc(=O)[nH]1. The molecule has 0 saturated heterocycles. The Balaban J connectivity index is 2.23. The number of aromatic amines is 1. The van der Waals surface area contributed by atoms with Gasteiger partial charge in [0.1, 0.15) is 5.82 Å². The predicted octanol–water partition coefficient (Wildman–Crippen LogP) is 1.52. The zero-order valence-electron chi connectivity index (χ0n) is 9.82. The van der Waals surface area contributed by atoms with Gasteiger partial charge in [-0.05, 0) is 24.2 Å². The van der Waals surface area contributed by atoms with Crippen LogP contribution in [0.2, 0.25) is 5.02 Å². The van der Waals surface area contributed by atoms with Gasteiger partial charge in [0.25, 0.3) is 5.56 Å². The molecule has 0 fully saturated rings. The monoisotopic (exact) mass is 263 g/mol. The largest absolute Gasteiger partial charge is 0.330 e. The van der Waals surface area contributed by atoms with E-state index in [1.807, 2.05) is 24.3 Å². The van der Waals surface area contributed by atoms with Crippen LogP contribution in [0.25, 0.3) is 0 Å². The molecule has 18 heavy (non-hydrogen) atoms. The first kappa shape index (κ1) is 12.8. The van der Waals surface area contributed by atoms with Gasteiger partial charge in [0, 0.05) is 23.9 Å². The molecule has 5 heteroatoms. The average Bonchev–Trinajstić information content (AvgIpc) is 2.32. The Morgan fingerprint density at radius 1 is 1.28 bits per heavy atom. The van der Waals surface area contributed by atoms with Crippen LogP contribution in [0.15, 0.2) is 35.1 Å². The summed E-state index contributed by atoms with van der Waals surface area (Å²) in [6, 6.07) is 9.01. The van der Waals surface area contributed by atoms with Crippen molar-refractivity contribution in [3.05, 3.63) is 62.8 Å². The quantitative estimate of drug-likeness (QED) is 0.878. The topological polar surface area (TPSA) is 71.8 Å². The number of benzene rings is 1. The van der Waals surface area contributed by atoms with Gasteiger partial charge in [-0.3, -0.25) is 4.79 Å². The van der Waals surface area contributed by atoms with Crippen molar-refractivity contribution in [1.82, 2.24) is 9.97 Å². The molecule has 0 spiro atoms. The molecule has 0 radical (unpaired) electrons. The zero-order valence-corrected chi connectivity index (χ0v) is 10.6. The van der Waals surface area contributed by atoms with Crippen molar-refractivity contribution in [1.29, 1.82) is 0 Å². The molecule has 1 aromatic carbocycles. The number of hydrogen-bond acceptors (Lipinski definition) is 3. The molecule has 3 N–H and O–H groups in total. The van der Waals surface area contributed by atoms with Crippen LogP contribution in [0.1, 0.15) is 17.1 Å². The molecule has 0 aliphatic heterocycles. The summed E-state index contributed by atoms with van der Waals surface area (Å²) in [6.07, 6.45) is 1.18. The van der Waals surface area contributed by atoms with Crippen LogP contribution < -0.4 is 11.3 Å². The van der Waals surface area contributed by atoms with Crippen LogP contribution in [-0.4, -0.2) is 16.5 Å². The van der Waals surface area contributed by atoms with Gasteiger partial charge in [0.2, 0.25) is 0 Å². The number of hydrogen-bond donors (Lipinski definition) is 2. The van der Waals surface area contributed by atoms with Crippen LogP contribution in [-0.2, 0) is 12.8 Å². The Kier molecular flexibility index (Phi) is 4.12. The second kappa shape index (κ2) is 5.80. The van der Waals surface area contributed by atoms with Gasteiger partial charge in [-0.25, -0.2) is 4.98 Å².